The maximum Gasteiger partial charge on any atom is 0.0535 e. The Morgan fingerprint density at radius 3 is 2.50 bits per heavy atom. The Morgan fingerprint density at radius 2 is 1.90 bits per heavy atom. The molecule has 0 aliphatic carbocycles. The lowest BCUT2D eigenvalue weighted by atomic mass is 9.81. The Bertz CT molecular complexity index is 421. The SMILES string of the molecule is CC(CN1CCNC(C)(c2ccccc2)C1)C(C)(C)C. The maximum atomic E-state index is 3.71. The first-order valence-corrected chi connectivity index (χ1v) is 7.84. The molecule has 20 heavy (non-hydrogen) atoms. The predicted octanol–water partition coefficient (Wildman–Crippen LogP) is 3.49. The summed E-state index contributed by atoms with van der Waals surface area (Å²) in [6.45, 7) is 16.2. The highest BCUT2D eigenvalue weighted by Crippen LogP contribution is 2.29. The first-order valence-electron chi connectivity index (χ1n) is 7.84. The minimum Gasteiger partial charge on any atom is -0.305 e. The largest absolute Gasteiger partial charge is 0.305 e. The van der Waals surface area contributed by atoms with E-state index in [1.54, 1.807) is 0 Å². The molecule has 1 saturated heterocycles. The summed E-state index contributed by atoms with van der Waals surface area (Å²) in [4.78, 5) is 2.62. The summed E-state index contributed by atoms with van der Waals surface area (Å²) < 4.78 is 0. The molecule has 0 spiro atoms. The predicted molar refractivity (Wildman–Crippen MR) is 86.9 cm³/mol. The lowest BCUT2D eigenvalue weighted by molar-refractivity contribution is 0.0980. The summed E-state index contributed by atoms with van der Waals surface area (Å²) in [5.74, 6) is 0.709. The number of hydrogen-bond donors (Lipinski definition) is 1. The minimum atomic E-state index is 0.0805. The molecule has 112 valence electrons. The van der Waals surface area contributed by atoms with E-state index in [-0.39, 0.29) is 5.54 Å². The van der Waals surface area contributed by atoms with E-state index in [2.05, 4.69) is 75.2 Å². The quantitative estimate of drug-likeness (QED) is 0.907. The van der Waals surface area contributed by atoms with Crippen molar-refractivity contribution in [1.82, 2.24) is 10.2 Å². The zero-order chi connectivity index (χ0) is 14.8. The van der Waals surface area contributed by atoms with E-state index in [1.807, 2.05) is 0 Å². The van der Waals surface area contributed by atoms with Crippen LogP contribution in [-0.4, -0.2) is 31.1 Å². The van der Waals surface area contributed by atoms with E-state index in [0.717, 1.165) is 19.6 Å². The van der Waals surface area contributed by atoms with E-state index in [4.69, 9.17) is 0 Å². The van der Waals surface area contributed by atoms with E-state index in [0.29, 0.717) is 11.3 Å². The molecule has 2 rings (SSSR count). The molecule has 1 aliphatic heterocycles. The number of benzene rings is 1. The summed E-state index contributed by atoms with van der Waals surface area (Å²) in [6, 6.07) is 10.8. The number of piperazine rings is 1. The van der Waals surface area contributed by atoms with Crippen molar-refractivity contribution in [3.8, 4) is 0 Å². The fourth-order valence-electron chi connectivity index (χ4n) is 2.89. The molecule has 0 amide bonds. The Labute approximate surface area is 124 Å². The van der Waals surface area contributed by atoms with Crippen LogP contribution in [0.5, 0.6) is 0 Å². The molecular formula is C18H30N2. The molecule has 2 heteroatoms. The second-order valence-electron chi connectivity index (χ2n) is 7.63. The van der Waals surface area contributed by atoms with Crippen LogP contribution in [-0.2, 0) is 5.54 Å². The third kappa shape index (κ3) is 3.62. The van der Waals surface area contributed by atoms with Gasteiger partial charge in [-0.05, 0) is 23.8 Å². The Morgan fingerprint density at radius 1 is 1.25 bits per heavy atom. The van der Waals surface area contributed by atoms with E-state index in [9.17, 15) is 0 Å². The summed E-state index contributed by atoms with van der Waals surface area (Å²) in [5, 5.41) is 3.71. The van der Waals surface area contributed by atoms with Gasteiger partial charge in [0.25, 0.3) is 0 Å². The van der Waals surface area contributed by atoms with Gasteiger partial charge in [0.05, 0.1) is 5.54 Å². The minimum absolute atomic E-state index is 0.0805. The molecule has 1 fully saturated rings. The lowest BCUT2D eigenvalue weighted by Crippen LogP contribution is -2.57. The number of nitrogens with one attached hydrogen (secondary N) is 1. The van der Waals surface area contributed by atoms with Crippen molar-refractivity contribution in [2.24, 2.45) is 11.3 Å². The first-order chi connectivity index (χ1) is 9.31. The topological polar surface area (TPSA) is 15.3 Å². The van der Waals surface area contributed by atoms with E-state index in [1.165, 1.54) is 12.1 Å². The van der Waals surface area contributed by atoms with Gasteiger partial charge in [0.1, 0.15) is 0 Å². The van der Waals surface area contributed by atoms with Gasteiger partial charge in [0.2, 0.25) is 0 Å². The smallest absolute Gasteiger partial charge is 0.0535 e. The van der Waals surface area contributed by atoms with Gasteiger partial charge >= 0.3 is 0 Å². The highest BCUT2D eigenvalue weighted by Gasteiger charge is 2.33. The molecule has 1 aromatic rings. The van der Waals surface area contributed by atoms with Crippen molar-refractivity contribution in [3.05, 3.63) is 35.9 Å². The van der Waals surface area contributed by atoms with E-state index < -0.39 is 0 Å². The number of hydrogen-bond acceptors (Lipinski definition) is 2. The molecule has 1 N–H and O–H groups in total. The second kappa shape index (κ2) is 5.87. The summed E-state index contributed by atoms with van der Waals surface area (Å²) >= 11 is 0. The van der Waals surface area contributed by atoms with Crippen molar-refractivity contribution >= 4 is 0 Å². The van der Waals surface area contributed by atoms with Crippen molar-refractivity contribution < 1.29 is 0 Å². The zero-order valence-corrected chi connectivity index (χ0v) is 13.7. The van der Waals surface area contributed by atoms with Crippen LogP contribution in [0.1, 0.15) is 40.2 Å². The second-order valence-corrected chi connectivity index (χ2v) is 7.63. The molecular weight excluding hydrogens is 244 g/mol. The summed E-state index contributed by atoms with van der Waals surface area (Å²) in [5.41, 5.74) is 1.86. The van der Waals surface area contributed by atoms with Crippen LogP contribution in [0.25, 0.3) is 0 Å². The van der Waals surface area contributed by atoms with Gasteiger partial charge in [-0.2, -0.15) is 0 Å². The summed E-state index contributed by atoms with van der Waals surface area (Å²) in [6.07, 6.45) is 0. The van der Waals surface area contributed by atoms with Crippen LogP contribution in [0.4, 0.5) is 0 Å². The molecule has 1 heterocycles. The van der Waals surface area contributed by atoms with Gasteiger partial charge in [0, 0.05) is 26.2 Å². The molecule has 2 nitrogen and oxygen atoms in total. The van der Waals surface area contributed by atoms with Crippen molar-refractivity contribution in [2.45, 2.75) is 40.2 Å². The molecule has 1 aliphatic rings. The fourth-order valence-corrected chi connectivity index (χ4v) is 2.89. The fraction of sp³-hybridized carbons (Fsp3) is 0.667. The van der Waals surface area contributed by atoms with Crippen LogP contribution in [0.3, 0.4) is 0 Å². The van der Waals surface area contributed by atoms with Gasteiger partial charge < -0.3 is 5.32 Å². The molecule has 0 radical (unpaired) electrons. The van der Waals surface area contributed by atoms with Crippen molar-refractivity contribution in [1.29, 1.82) is 0 Å². The Hall–Kier alpha value is -0.860. The van der Waals surface area contributed by atoms with Gasteiger partial charge in [-0.25, -0.2) is 0 Å². The number of nitrogens with zero attached hydrogens (tertiary/aromatic N) is 1. The highest BCUT2D eigenvalue weighted by molar-refractivity contribution is 5.24. The van der Waals surface area contributed by atoms with Gasteiger partial charge in [-0.3, -0.25) is 4.90 Å². The Kier molecular flexibility index (Phi) is 4.55. The average Bonchev–Trinajstić information content (AvgIpc) is 2.39. The van der Waals surface area contributed by atoms with Gasteiger partial charge in [0.15, 0.2) is 0 Å². The van der Waals surface area contributed by atoms with Crippen LogP contribution in [0.15, 0.2) is 30.3 Å². The monoisotopic (exact) mass is 274 g/mol. The van der Waals surface area contributed by atoms with Crippen molar-refractivity contribution in [3.63, 3.8) is 0 Å². The first kappa shape index (κ1) is 15.5. The molecule has 0 saturated carbocycles. The van der Waals surface area contributed by atoms with Crippen LogP contribution < -0.4 is 5.32 Å². The summed E-state index contributed by atoms with van der Waals surface area (Å²) in [7, 11) is 0. The van der Waals surface area contributed by atoms with Crippen molar-refractivity contribution in [2.75, 3.05) is 26.2 Å². The third-order valence-corrected chi connectivity index (χ3v) is 4.90. The Balaban J connectivity index is 2.05. The molecule has 2 atom stereocenters. The lowest BCUT2D eigenvalue weighted by Gasteiger charge is -2.44. The number of rotatable bonds is 3. The standard InChI is InChI=1S/C18H30N2/c1-15(17(2,3)4)13-20-12-11-19-18(5,14-20)16-9-7-6-8-10-16/h6-10,15,19H,11-14H2,1-5H3. The molecule has 0 aromatic heterocycles. The van der Waals surface area contributed by atoms with E-state index >= 15 is 0 Å². The van der Waals surface area contributed by atoms with Gasteiger partial charge in [-0.15, -0.1) is 0 Å². The molecule has 0 bridgehead atoms. The maximum absolute atomic E-state index is 3.71. The molecule has 2 unspecified atom stereocenters. The molecule has 1 aromatic carbocycles. The third-order valence-electron chi connectivity index (χ3n) is 4.90. The van der Waals surface area contributed by atoms with Crippen LogP contribution in [0.2, 0.25) is 0 Å². The van der Waals surface area contributed by atoms with Gasteiger partial charge in [-0.1, -0.05) is 58.0 Å². The zero-order valence-electron chi connectivity index (χ0n) is 13.7. The van der Waals surface area contributed by atoms with Crippen LogP contribution >= 0.6 is 0 Å². The normalized spacial score (nSPS) is 26.4. The highest BCUT2D eigenvalue weighted by atomic mass is 15.2. The average molecular weight is 274 g/mol. The van der Waals surface area contributed by atoms with Crippen LogP contribution in [0, 0.1) is 11.3 Å².